The van der Waals surface area contributed by atoms with E-state index in [-0.39, 0.29) is 11.2 Å². The predicted molar refractivity (Wildman–Crippen MR) is 94.9 cm³/mol. The van der Waals surface area contributed by atoms with Crippen LogP contribution in [0.25, 0.3) is 0 Å². The molecule has 0 aromatic rings. The number of halogens is 1. The van der Waals surface area contributed by atoms with Crippen molar-refractivity contribution in [3.63, 3.8) is 0 Å². The van der Waals surface area contributed by atoms with Gasteiger partial charge in [-0.15, -0.1) is 11.6 Å². The molecule has 2 heteroatoms. The molecular weight excluding hydrogens is 262 g/mol. The maximum absolute atomic E-state index is 6.50. The molecule has 0 heterocycles. The maximum Gasteiger partial charge on any atom is 0.0699 e. The number of hydrogen-bond acceptors (Lipinski definition) is 0. The molecule has 20 heavy (non-hydrogen) atoms. The van der Waals surface area contributed by atoms with Crippen LogP contribution in [-0.2, 0) is 0 Å². The summed E-state index contributed by atoms with van der Waals surface area (Å²) in [6.07, 6.45) is 9.08. The van der Waals surface area contributed by atoms with Crippen molar-refractivity contribution in [2.75, 3.05) is 0 Å². The van der Waals surface area contributed by atoms with Gasteiger partial charge in [0.1, 0.15) is 0 Å². The Kier molecular flexibility index (Phi) is 9.98. The van der Waals surface area contributed by atoms with E-state index in [1.165, 1.54) is 24.8 Å². The second-order valence-corrected chi connectivity index (χ2v) is 7.73. The van der Waals surface area contributed by atoms with Crippen molar-refractivity contribution in [2.24, 2.45) is 11.3 Å². The van der Waals surface area contributed by atoms with Crippen LogP contribution >= 0.6 is 11.6 Å². The van der Waals surface area contributed by atoms with Gasteiger partial charge in [0.25, 0.3) is 0 Å². The van der Waals surface area contributed by atoms with Crippen molar-refractivity contribution in [1.82, 2.24) is 0 Å². The third-order valence-corrected chi connectivity index (χ3v) is 4.91. The monoisotopic (exact) mass is 296 g/mol. The van der Waals surface area contributed by atoms with Gasteiger partial charge < -0.3 is 0 Å². The predicted octanol–water partition coefficient (Wildman–Crippen LogP) is 6.54. The third kappa shape index (κ3) is 9.11. The highest BCUT2D eigenvalue weighted by Gasteiger charge is 2.19. The Morgan fingerprint density at radius 1 is 1.20 bits per heavy atom. The van der Waals surface area contributed by atoms with Crippen LogP contribution in [0.1, 0.15) is 80.1 Å². The van der Waals surface area contributed by atoms with E-state index in [1.807, 2.05) is 0 Å². The van der Waals surface area contributed by atoms with Crippen LogP contribution in [0.15, 0.2) is 11.6 Å². The zero-order chi connectivity index (χ0) is 15.8. The molecule has 0 N–H and O–H groups in total. The number of allylic oxidation sites excluding steroid dienone is 2. The van der Waals surface area contributed by atoms with Gasteiger partial charge in [-0.1, -0.05) is 77.8 Å². The molecule has 0 aromatic carbocycles. The van der Waals surface area contributed by atoms with Gasteiger partial charge in [0, 0.05) is 0 Å². The van der Waals surface area contributed by atoms with Crippen molar-refractivity contribution < 1.29 is 0 Å². The molecule has 0 bridgehead atoms. The topological polar surface area (TPSA) is 0 Å². The van der Waals surface area contributed by atoms with Gasteiger partial charge in [-0.05, 0) is 31.1 Å². The summed E-state index contributed by atoms with van der Waals surface area (Å²) in [5.41, 5.74) is 1.66. The minimum atomic E-state index is 0.144. The molecule has 116 valence electrons. The third-order valence-electron chi connectivity index (χ3n) is 4.35. The van der Waals surface area contributed by atoms with Crippen molar-refractivity contribution in [2.45, 2.75) is 91.3 Å². The number of alkyl halides is 1. The van der Waals surface area contributed by atoms with Crippen molar-refractivity contribution in [3.8, 4) is 0 Å². The highest BCUT2D eigenvalue weighted by molar-refractivity contribution is 6.22. The summed E-state index contributed by atoms with van der Waals surface area (Å²) in [4.78, 5) is 0. The van der Waals surface area contributed by atoms with Gasteiger partial charge in [0.05, 0.1) is 13.2 Å². The molecule has 3 unspecified atom stereocenters. The van der Waals surface area contributed by atoms with Gasteiger partial charge in [-0.2, -0.15) is 0 Å². The number of hydrogen-bond donors (Lipinski definition) is 0. The van der Waals surface area contributed by atoms with Gasteiger partial charge in [0.15, 0.2) is 0 Å². The Morgan fingerprint density at radius 3 is 2.30 bits per heavy atom. The molecule has 0 saturated carbocycles. The van der Waals surface area contributed by atoms with E-state index >= 15 is 0 Å². The zero-order valence-electron chi connectivity index (χ0n) is 14.5. The summed E-state index contributed by atoms with van der Waals surface area (Å²) < 4.78 is 0. The molecule has 0 fully saturated rings. The summed E-state index contributed by atoms with van der Waals surface area (Å²) in [6.45, 7) is 13.5. The zero-order valence-corrected chi connectivity index (χ0v) is 15.3. The lowest BCUT2D eigenvalue weighted by Crippen LogP contribution is -2.14. The fourth-order valence-electron chi connectivity index (χ4n) is 2.64. The van der Waals surface area contributed by atoms with E-state index in [0.29, 0.717) is 11.3 Å². The lowest BCUT2D eigenvalue weighted by atomic mass is 9.70. The lowest BCUT2D eigenvalue weighted by molar-refractivity contribution is 0.308. The number of rotatable bonds is 10. The fourth-order valence-corrected chi connectivity index (χ4v) is 2.83. The molecule has 0 aliphatic heterocycles. The van der Waals surface area contributed by atoms with Crippen molar-refractivity contribution in [3.05, 3.63) is 11.6 Å². The van der Waals surface area contributed by atoms with Crippen molar-refractivity contribution >= 4 is 19.4 Å². The van der Waals surface area contributed by atoms with Crippen LogP contribution in [0.3, 0.4) is 0 Å². The molecule has 0 aliphatic rings. The van der Waals surface area contributed by atoms with Crippen LogP contribution in [0.5, 0.6) is 0 Å². The second-order valence-electron chi connectivity index (χ2n) is 7.20. The van der Waals surface area contributed by atoms with E-state index in [4.69, 9.17) is 19.4 Å². The summed E-state index contributed by atoms with van der Waals surface area (Å²) >= 11 is 6.50. The minimum absolute atomic E-state index is 0.144. The first-order valence-electron chi connectivity index (χ1n) is 8.29. The van der Waals surface area contributed by atoms with Crippen LogP contribution in [0.4, 0.5) is 0 Å². The average molecular weight is 297 g/mol. The Hall–Kier alpha value is 0.0949. The first-order chi connectivity index (χ1) is 9.21. The molecule has 0 spiro atoms. The first kappa shape index (κ1) is 20.1. The molecule has 0 rings (SSSR count). The smallest absolute Gasteiger partial charge is 0.0699 e. The molecule has 0 amide bonds. The normalized spacial score (nSPS) is 17.9. The van der Waals surface area contributed by atoms with Gasteiger partial charge >= 0.3 is 0 Å². The molecule has 0 saturated heterocycles. The largest absolute Gasteiger partial charge is 0.118 e. The van der Waals surface area contributed by atoms with Crippen LogP contribution in [0.2, 0.25) is 5.82 Å². The molecule has 2 radical (unpaired) electrons. The van der Waals surface area contributed by atoms with Crippen LogP contribution in [0, 0.1) is 11.3 Å². The van der Waals surface area contributed by atoms with Crippen LogP contribution < -0.4 is 0 Å². The molecule has 0 nitrogen and oxygen atoms in total. The molecule has 3 atom stereocenters. The Labute approximate surface area is 134 Å². The second kappa shape index (κ2) is 9.93. The van der Waals surface area contributed by atoms with E-state index in [2.05, 4.69) is 47.6 Å². The SMILES string of the molecule is [B]C(CCC(Cl)/C(C)=C\C(C)CCC)CC(C)(C)CC. The molecular formula is C18H34BCl. The summed E-state index contributed by atoms with van der Waals surface area (Å²) in [5.74, 6) is 0.904. The van der Waals surface area contributed by atoms with Crippen molar-refractivity contribution in [1.29, 1.82) is 0 Å². The maximum atomic E-state index is 6.50. The highest BCUT2D eigenvalue weighted by Crippen LogP contribution is 2.33. The summed E-state index contributed by atoms with van der Waals surface area (Å²) in [5, 5.41) is 0.144. The first-order valence-corrected chi connectivity index (χ1v) is 8.73. The Morgan fingerprint density at radius 2 is 1.80 bits per heavy atom. The molecule has 0 aliphatic carbocycles. The lowest BCUT2D eigenvalue weighted by Gasteiger charge is -2.27. The van der Waals surface area contributed by atoms with Gasteiger partial charge in [0.2, 0.25) is 0 Å². The van der Waals surface area contributed by atoms with E-state index in [0.717, 1.165) is 19.3 Å². The summed E-state index contributed by atoms with van der Waals surface area (Å²) in [6, 6.07) is 0. The van der Waals surface area contributed by atoms with E-state index < -0.39 is 0 Å². The van der Waals surface area contributed by atoms with Crippen LogP contribution in [-0.4, -0.2) is 13.2 Å². The quantitative estimate of drug-likeness (QED) is 0.244. The minimum Gasteiger partial charge on any atom is -0.118 e. The average Bonchev–Trinajstić information content (AvgIpc) is 2.35. The summed E-state index contributed by atoms with van der Waals surface area (Å²) in [7, 11) is 6.25. The van der Waals surface area contributed by atoms with Gasteiger partial charge in [-0.3, -0.25) is 0 Å². The Balaban J connectivity index is 4.18. The van der Waals surface area contributed by atoms with Gasteiger partial charge in [-0.25, -0.2) is 0 Å². The van der Waals surface area contributed by atoms with E-state index in [1.54, 1.807) is 0 Å². The Bertz CT molecular complexity index is 283. The highest BCUT2D eigenvalue weighted by atomic mass is 35.5. The standard InChI is InChI=1S/C18H34BCl/c1-7-9-14(3)12-15(4)17(20)11-10-16(19)13-18(5,6)8-2/h12,14,16-17H,7-11,13H2,1-6H3/b15-12-. The fraction of sp³-hybridized carbons (Fsp3) is 0.889. The van der Waals surface area contributed by atoms with E-state index in [9.17, 15) is 0 Å². The molecule has 0 aromatic heterocycles.